The fraction of sp³-hybridized carbons (Fsp3) is 0.273. The molecular formula is C22H23BrN4O5. The minimum Gasteiger partial charge on any atom is -0.493 e. The molecule has 32 heavy (non-hydrogen) atoms. The van der Waals surface area contributed by atoms with Crippen LogP contribution in [0.3, 0.4) is 0 Å². The molecule has 1 amide bonds. The summed E-state index contributed by atoms with van der Waals surface area (Å²) in [4.78, 5) is 28.9. The first kappa shape index (κ1) is 23.3. The van der Waals surface area contributed by atoms with E-state index >= 15 is 0 Å². The van der Waals surface area contributed by atoms with Gasteiger partial charge in [0.15, 0.2) is 18.1 Å². The molecule has 1 aromatic heterocycles. The molecule has 0 aliphatic heterocycles. The van der Waals surface area contributed by atoms with Crippen LogP contribution in [0.1, 0.15) is 31.2 Å². The Morgan fingerprint density at radius 3 is 2.44 bits per heavy atom. The number of hydrogen-bond acceptors (Lipinski definition) is 7. The summed E-state index contributed by atoms with van der Waals surface area (Å²) in [6, 6.07) is 8.65. The molecule has 3 rings (SSSR count). The van der Waals surface area contributed by atoms with Gasteiger partial charge in [0.2, 0.25) is 5.75 Å². The summed E-state index contributed by atoms with van der Waals surface area (Å²) in [6.07, 6.45) is 1.50. The topological polar surface area (TPSA) is 118 Å². The van der Waals surface area contributed by atoms with Gasteiger partial charge in [0.25, 0.3) is 11.5 Å². The second-order valence-electron chi connectivity index (χ2n) is 7.16. The molecule has 0 fully saturated rings. The Kier molecular flexibility index (Phi) is 7.14. The summed E-state index contributed by atoms with van der Waals surface area (Å²) in [7, 11) is 2.92. The lowest BCUT2D eigenvalue weighted by molar-refractivity contribution is -0.120. The lowest BCUT2D eigenvalue weighted by atomic mass is 10.2. The third-order valence-electron chi connectivity index (χ3n) is 4.51. The number of rotatable bonds is 8. The molecule has 1 heterocycles. The molecule has 9 nitrogen and oxygen atoms in total. The van der Waals surface area contributed by atoms with Crippen LogP contribution in [0, 0.1) is 0 Å². The number of nitrogens with two attached hydrogens (primary N) is 1. The molecule has 168 valence electrons. The quantitative estimate of drug-likeness (QED) is 0.473. The van der Waals surface area contributed by atoms with Crippen molar-refractivity contribution in [2.24, 2.45) is 10.8 Å². The number of carbonyl (C=O) groups is 1. The zero-order valence-electron chi connectivity index (χ0n) is 18.1. The van der Waals surface area contributed by atoms with Gasteiger partial charge in [0.05, 0.1) is 31.3 Å². The monoisotopic (exact) mass is 502 g/mol. The Hall–Kier alpha value is -3.40. The molecule has 0 atom stereocenters. The average molecular weight is 503 g/mol. The van der Waals surface area contributed by atoms with E-state index in [0.29, 0.717) is 33.8 Å². The van der Waals surface area contributed by atoms with E-state index in [0.717, 1.165) is 4.47 Å². The van der Waals surface area contributed by atoms with Crippen molar-refractivity contribution in [2.45, 2.75) is 19.8 Å². The largest absolute Gasteiger partial charge is 0.493 e. The highest BCUT2D eigenvalue weighted by molar-refractivity contribution is 9.10. The van der Waals surface area contributed by atoms with Crippen LogP contribution in [0.4, 0.5) is 0 Å². The van der Waals surface area contributed by atoms with E-state index in [4.69, 9.17) is 19.9 Å². The Morgan fingerprint density at radius 1 is 1.22 bits per heavy atom. The van der Waals surface area contributed by atoms with Crippen molar-refractivity contribution in [1.29, 1.82) is 0 Å². The summed E-state index contributed by atoms with van der Waals surface area (Å²) >= 11 is 3.39. The number of aromatic nitrogens is 2. The normalized spacial score (nSPS) is 11.3. The zero-order chi connectivity index (χ0) is 23.4. The Bertz CT molecular complexity index is 1230. The molecule has 2 N–H and O–H groups in total. The van der Waals surface area contributed by atoms with Crippen molar-refractivity contribution in [3.05, 3.63) is 56.5 Å². The van der Waals surface area contributed by atoms with Gasteiger partial charge in [0, 0.05) is 16.0 Å². The predicted octanol–water partition coefficient (Wildman–Crippen LogP) is 3.05. The number of ether oxygens (including phenoxy) is 3. The number of amides is 1. The molecule has 0 aliphatic carbocycles. The van der Waals surface area contributed by atoms with E-state index in [1.807, 2.05) is 19.9 Å². The van der Waals surface area contributed by atoms with Gasteiger partial charge in [0.1, 0.15) is 5.82 Å². The van der Waals surface area contributed by atoms with Crippen LogP contribution >= 0.6 is 15.9 Å². The third-order valence-corrected chi connectivity index (χ3v) is 5.01. The van der Waals surface area contributed by atoms with E-state index in [9.17, 15) is 9.59 Å². The molecule has 0 radical (unpaired) electrons. The van der Waals surface area contributed by atoms with Crippen LogP contribution < -0.4 is 25.5 Å². The highest BCUT2D eigenvalue weighted by atomic mass is 79.9. The van der Waals surface area contributed by atoms with Crippen molar-refractivity contribution in [3.63, 3.8) is 0 Å². The van der Waals surface area contributed by atoms with Crippen LogP contribution in [-0.4, -0.2) is 42.6 Å². The SMILES string of the molecule is COc1cc(C=Nn2c(C(C)C)nc3ccc(Br)cc3c2=O)cc(OC)c1OCC(N)=O. The highest BCUT2D eigenvalue weighted by Crippen LogP contribution is 2.38. The zero-order valence-corrected chi connectivity index (χ0v) is 19.7. The molecule has 0 aliphatic rings. The van der Waals surface area contributed by atoms with Crippen LogP contribution in [0.2, 0.25) is 0 Å². The number of halogens is 1. The van der Waals surface area contributed by atoms with Crippen LogP contribution in [-0.2, 0) is 4.79 Å². The summed E-state index contributed by atoms with van der Waals surface area (Å²) in [5.41, 5.74) is 6.07. The maximum absolute atomic E-state index is 13.2. The minimum atomic E-state index is -0.629. The third kappa shape index (κ3) is 4.91. The average Bonchev–Trinajstić information content (AvgIpc) is 2.76. The van der Waals surface area contributed by atoms with E-state index in [2.05, 4.69) is 26.0 Å². The van der Waals surface area contributed by atoms with E-state index in [1.165, 1.54) is 25.1 Å². The number of fused-ring (bicyclic) bond motifs is 1. The van der Waals surface area contributed by atoms with E-state index in [-0.39, 0.29) is 23.8 Å². The van der Waals surface area contributed by atoms with Crippen molar-refractivity contribution in [3.8, 4) is 17.2 Å². The highest BCUT2D eigenvalue weighted by Gasteiger charge is 2.16. The van der Waals surface area contributed by atoms with E-state index < -0.39 is 5.91 Å². The summed E-state index contributed by atoms with van der Waals surface area (Å²) in [6.45, 7) is 3.55. The van der Waals surface area contributed by atoms with Gasteiger partial charge < -0.3 is 19.9 Å². The summed E-state index contributed by atoms with van der Waals surface area (Å²) < 4.78 is 18.2. The number of primary amides is 1. The molecule has 0 spiro atoms. The summed E-state index contributed by atoms with van der Waals surface area (Å²) in [5.74, 6) is 0.745. The molecule has 0 saturated carbocycles. The van der Waals surface area contributed by atoms with Crippen molar-refractivity contribution in [1.82, 2.24) is 9.66 Å². The van der Waals surface area contributed by atoms with Gasteiger partial charge in [-0.3, -0.25) is 9.59 Å². The Morgan fingerprint density at radius 2 is 1.88 bits per heavy atom. The number of nitrogens with zero attached hydrogens (tertiary/aromatic N) is 3. The summed E-state index contributed by atoms with van der Waals surface area (Å²) in [5, 5.41) is 4.86. The van der Waals surface area contributed by atoms with Gasteiger partial charge in [-0.1, -0.05) is 29.8 Å². The maximum Gasteiger partial charge on any atom is 0.282 e. The maximum atomic E-state index is 13.2. The fourth-order valence-corrected chi connectivity index (χ4v) is 3.40. The number of carbonyl (C=O) groups excluding carboxylic acids is 1. The number of methoxy groups -OCH3 is 2. The standard InChI is InChI=1S/C22H23BrN4O5/c1-12(2)21-26-16-6-5-14(23)9-15(16)22(29)27(21)25-10-13-7-17(30-3)20(18(8-13)31-4)32-11-19(24)28/h5-10,12H,11H2,1-4H3,(H2,24,28). The molecule has 10 heteroatoms. The lowest BCUT2D eigenvalue weighted by Crippen LogP contribution is -2.23. The number of benzene rings is 2. The molecule has 0 bridgehead atoms. The van der Waals surface area contributed by atoms with Crippen molar-refractivity contribution >= 4 is 39.0 Å². The number of hydrogen-bond donors (Lipinski definition) is 1. The van der Waals surface area contributed by atoms with Crippen LogP contribution in [0.15, 0.2) is 44.7 Å². The van der Waals surface area contributed by atoms with Crippen molar-refractivity contribution in [2.75, 3.05) is 20.8 Å². The van der Waals surface area contributed by atoms with Crippen LogP contribution in [0.25, 0.3) is 10.9 Å². The van der Waals surface area contributed by atoms with Crippen molar-refractivity contribution < 1.29 is 19.0 Å². The smallest absolute Gasteiger partial charge is 0.282 e. The Labute approximate surface area is 192 Å². The molecule has 3 aromatic rings. The first-order valence-electron chi connectivity index (χ1n) is 9.68. The lowest BCUT2D eigenvalue weighted by Gasteiger charge is -2.15. The molecule has 2 aromatic carbocycles. The van der Waals surface area contributed by atoms with Gasteiger partial charge in [-0.25, -0.2) is 4.98 Å². The second kappa shape index (κ2) is 9.82. The van der Waals surface area contributed by atoms with Gasteiger partial charge in [-0.15, -0.1) is 0 Å². The molecular weight excluding hydrogens is 480 g/mol. The minimum absolute atomic E-state index is 0.0402. The Balaban J connectivity index is 2.10. The predicted molar refractivity (Wildman–Crippen MR) is 125 cm³/mol. The fourth-order valence-electron chi connectivity index (χ4n) is 3.04. The first-order chi connectivity index (χ1) is 15.2. The first-order valence-corrected chi connectivity index (χ1v) is 10.5. The molecule has 0 saturated heterocycles. The molecule has 0 unspecified atom stereocenters. The van der Waals surface area contributed by atoms with Gasteiger partial charge >= 0.3 is 0 Å². The van der Waals surface area contributed by atoms with Gasteiger partial charge in [-0.05, 0) is 30.3 Å². The van der Waals surface area contributed by atoms with Gasteiger partial charge in [-0.2, -0.15) is 9.78 Å². The second-order valence-corrected chi connectivity index (χ2v) is 8.07. The van der Waals surface area contributed by atoms with E-state index in [1.54, 1.807) is 24.3 Å². The van der Waals surface area contributed by atoms with Crippen LogP contribution in [0.5, 0.6) is 17.2 Å².